The summed E-state index contributed by atoms with van der Waals surface area (Å²) < 4.78 is 0. The Morgan fingerprint density at radius 3 is 2.71 bits per heavy atom. The SMILES string of the molecule is N[C@@H](SCc1ccncc1)C(=O)N1CCCC1. The van der Waals surface area contributed by atoms with Crippen LogP contribution >= 0.6 is 11.8 Å². The Labute approximate surface area is 106 Å². The standard InChI is InChI=1S/C12H17N3OS/c13-11(12(16)15-7-1-2-8-15)17-9-10-3-5-14-6-4-10/h3-6,11H,1-2,7-9,13H2/t11-/m0/s1. The van der Waals surface area contributed by atoms with Crippen LogP contribution in [0, 0.1) is 0 Å². The van der Waals surface area contributed by atoms with E-state index in [1.807, 2.05) is 17.0 Å². The third kappa shape index (κ3) is 3.44. The Hall–Kier alpha value is -1.07. The van der Waals surface area contributed by atoms with Gasteiger partial charge in [-0.1, -0.05) is 0 Å². The molecule has 0 spiro atoms. The molecule has 2 N–H and O–H groups in total. The Kier molecular flexibility index (Phi) is 4.39. The number of thioether (sulfide) groups is 1. The number of nitrogens with zero attached hydrogens (tertiary/aromatic N) is 2. The maximum atomic E-state index is 11.9. The van der Waals surface area contributed by atoms with Crippen molar-refractivity contribution >= 4 is 17.7 Å². The number of hydrogen-bond acceptors (Lipinski definition) is 4. The van der Waals surface area contributed by atoms with Crippen molar-refractivity contribution in [3.8, 4) is 0 Å². The number of nitrogens with two attached hydrogens (primary N) is 1. The number of hydrogen-bond donors (Lipinski definition) is 1. The summed E-state index contributed by atoms with van der Waals surface area (Å²) in [7, 11) is 0. The molecule has 0 aromatic carbocycles. The van der Waals surface area contributed by atoms with Gasteiger partial charge in [0.15, 0.2) is 0 Å². The second kappa shape index (κ2) is 6.02. The molecule has 4 nitrogen and oxygen atoms in total. The third-order valence-corrected chi connectivity index (χ3v) is 3.90. The van der Waals surface area contributed by atoms with Gasteiger partial charge in [-0.25, -0.2) is 0 Å². The predicted octanol–water partition coefficient (Wildman–Crippen LogP) is 1.22. The first-order chi connectivity index (χ1) is 8.27. The van der Waals surface area contributed by atoms with Crippen LogP contribution in [0.1, 0.15) is 18.4 Å². The highest BCUT2D eigenvalue weighted by molar-refractivity contribution is 7.99. The number of rotatable bonds is 4. The fraction of sp³-hybridized carbons (Fsp3) is 0.500. The molecule has 1 aliphatic rings. The van der Waals surface area contributed by atoms with E-state index >= 15 is 0 Å². The van der Waals surface area contributed by atoms with E-state index in [1.54, 1.807) is 12.4 Å². The lowest BCUT2D eigenvalue weighted by Crippen LogP contribution is -2.40. The molecule has 1 atom stereocenters. The Bertz CT molecular complexity index is 365. The van der Waals surface area contributed by atoms with Gasteiger partial charge in [0.05, 0.1) is 0 Å². The minimum Gasteiger partial charge on any atom is -0.341 e. The van der Waals surface area contributed by atoms with Crippen LogP contribution in [0.3, 0.4) is 0 Å². The van der Waals surface area contributed by atoms with Crippen molar-refractivity contribution in [1.29, 1.82) is 0 Å². The van der Waals surface area contributed by atoms with E-state index in [4.69, 9.17) is 5.73 Å². The van der Waals surface area contributed by atoms with Gasteiger partial charge >= 0.3 is 0 Å². The van der Waals surface area contributed by atoms with Crippen molar-refractivity contribution in [2.24, 2.45) is 5.73 Å². The first kappa shape index (κ1) is 12.4. The van der Waals surface area contributed by atoms with Crippen molar-refractivity contribution in [1.82, 2.24) is 9.88 Å². The molecule has 1 fully saturated rings. The summed E-state index contributed by atoms with van der Waals surface area (Å²) in [5.74, 6) is 0.824. The number of amides is 1. The second-order valence-electron chi connectivity index (χ2n) is 4.12. The molecule has 0 unspecified atom stereocenters. The molecule has 1 aliphatic heterocycles. The second-order valence-corrected chi connectivity index (χ2v) is 5.25. The van der Waals surface area contributed by atoms with E-state index in [0.29, 0.717) is 0 Å². The quantitative estimate of drug-likeness (QED) is 0.818. The molecule has 2 heterocycles. The average Bonchev–Trinajstić information content (AvgIpc) is 2.90. The first-order valence-corrected chi connectivity index (χ1v) is 6.87. The lowest BCUT2D eigenvalue weighted by Gasteiger charge is -2.19. The smallest absolute Gasteiger partial charge is 0.249 e. The minimum atomic E-state index is -0.443. The van der Waals surface area contributed by atoms with Gasteiger partial charge < -0.3 is 10.6 Å². The highest BCUT2D eigenvalue weighted by atomic mass is 32.2. The van der Waals surface area contributed by atoms with Crippen LogP contribution in [-0.4, -0.2) is 34.3 Å². The molecule has 92 valence electrons. The van der Waals surface area contributed by atoms with Crippen molar-refractivity contribution in [3.05, 3.63) is 30.1 Å². The number of carbonyl (C=O) groups is 1. The van der Waals surface area contributed by atoms with Gasteiger partial charge in [-0.2, -0.15) is 0 Å². The van der Waals surface area contributed by atoms with Gasteiger partial charge in [0.2, 0.25) is 5.91 Å². The molecule has 2 rings (SSSR count). The number of likely N-dealkylation sites (tertiary alicyclic amines) is 1. The molecule has 1 aromatic heterocycles. The van der Waals surface area contributed by atoms with Crippen LogP contribution < -0.4 is 5.73 Å². The van der Waals surface area contributed by atoms with Crippen LogP contribution in [0.5, 0.6) is 0 Å². The molecule has 0 radical (unpaired) electrons. The van der Waals surface area contributed by atoms with Crippen molar-refractivity contribution in [3.63, 3.8) is 0 Å². The highest BCUT2D eigenvalue weighted by Gasteiger charge is 2.23. The number of carbonyl (C=O) groups excluding carboxylic acids is 1. The molecule has 1 saturated heterocycles. The fourth-order valence-electron chi connectivity index (χ4n) is 1.85. The van der Waals surface area contributed by atoms with E-state index in [-0.39, 0.29) is 5.91 Å². The monoisotopic (exact) mass is 251 g/mol. The zero-order valence-corrected chi connectivity index (χ0v) is 10.5. The summed E-state index contributed by atoms with van der Waals surface area (Å²) >= 11 is 1.48. The van der Waals surface area contributed by atoms with Crippen molar-refractivity contribution < 1.29 is 4.79 Å². The van der Waals surface area contributed by atoms with Gasteiger partial charge in [-0.3, -0.25) is 9.78 Å². The summed E-state index contributed by atoms with van der Waals surface area (Å²) in [5, 5.41) is -0.443. The third-order valence-electron chi connectivity index (χ3n) is 2.84. The first-order valence-electron chi connectivity index (χ1n) is 5.82. The summed E-state index contributed by atoms with van der Waals surface area (Å²) in [5.41, 5.74) is 7.05. The van der Waals surface area contributed by atoms with Gasteiger partial charge in [0, 0.05) is 31.2 Å². The molecule has 1 aromatic rings. The van der Waals surface area contributed by atoms with Crippen molar-refractivity contribution in [2.75, 3.05) is 13.1 Å². The molecular weight excluding hydrogens is 234 g/mol. The molecule has 1 amide bonds. The fourth-order valence-corrected chi connectivity index (χ4v) is 2.71. The normalized spacial score (nSPS) is 17.1. The number of pyridine rings is 1. The zero-order chi connectivity index (χ0) is 12.1. The summed E-state index contributed by atoms with van der Waals surface area (Å²) in [4.78, 5) is 17.8. The summed E-state index contributed by atoms with van der Waals surface area (Å²) in [6.45, 7) is 1.73. The molecule has 17 heavy (non-hydrogen) atoms. The van der Waals surface area contributed by atoms with Crippen LogP contribution in [-0.2, 0) is 10.5 Å². The van der Waals surface area contributed by atoms with Crippen molar-refractivity contribution in [2.45, 2.75) is 24.0 Å². The molecule has 0 saturated carbocycles. The van der Waals surface area contributed by atoms with E-state index in [1.165, 1.54) is 11.8 Å². The Morgan fingerprint density at radius 1 is 1.41 bits per heavy atom. The van der Waals surface area contributed by atoms with Crippen LogP contribution in [0.25, 0.3) is 0 Å². The largest absolute Gasteiger partial charge is 0.341 e. The summed E-state index contributed by atoms with van der Waals surface area (Å²) in [6, 6.07) is 3.89. The minimum absolute atomic E-state index is 0.0709. The maximum Gasteiger partial charge on any atom is 0.249 e. The predicted molar refractivity (Wildman–Crippen MR) is 69.3 cm³/mol. The lowest BCUT2D eigenvalue weighted by atomic mass is 10.3. The van der Waals surface area contributed by atoms with Crippen LogP contribution in [0.4, 0.5) is 0 Å². The average molecular weight is 251 g/mol. The summed E-state index contributed by atoms with van der Waals surface area (Å²) in [6.07, 6.45) is 5.72. The highest BCUT2D eigenvalue weighted by Crippen LogP contribution is 2.18. The lowest BCUT2D eigenvalue weighted by molar-refractivity contribution is -0.129. The Balaban J connectivity index is 1.80. The van der Waals surface area contributed by atoms with Gasteiger partial charge in [-0.15, -0.1) is 11.8 Å². The van der Waals surface area contributed by atoms with Gasteiger partial charge in [0.1, 0.15) is 5.37 Å². The van der Waals surface area contributed by atoms with E-state index in [0.717, 1.165) is 37.2 Å². The Morgan fingerprint density at radius 2 is 2.06 bits per heavy atom. The molecular formula is C12H17N3OS. The van der Waals surface area contributed by atoms with E-state index < -0.39 is 5.37 Å². The molecule has 0 aliphatic carbocycles. The van der Waals surface area contributed by atoms with Gasteiger partial charge in [-0.05, 0) is 30.5 Å². The zero-order valence-electron chi connectivity index (χ0n) is 9.71. The van der Waals surface area contributed by atoms with E-state index in [9.17, 15) is 4.79 Å². The van der Waals surface area contributed by atoms with Crippen LogP contribution in [0.2, 0.25) is 0 Å². The van der Waals surface area contributed by atoms with Gasteiger partial charge in [0.25, 0.3) is 0 Å². The maximum absolute atomic E-state index is 11.9. The van der Waals surface area contributed by atoms with Crippen LogP contribution in [0.15, 0.2) is 24.5 Å². The molecule has 0 bridgehead atoms. The van der Waals surface area contributed by atoms with E-state index in [2.05, 4.69) is 4.98 Å². The number of aromatic nitrogens is 1. The molecule has 5 heteroatoms. The topological polar surface area (TPSA) is 59.2 Å².